The Bertz CT molecular complexity index is 370. The van der Waals surface area contributed by atoms with Crippen molar-refractivity contribution in [2.45, 2.75) is 31.7 Å². The fraction of sp³-hybridized carbons (Fsp3) is 0.538. The minimum atomic E-state index is 0.358. The van der Waals surface area contributed by atoms with Gasteiger partial charge < -0.3 is 14.8 Å². The van der Waals surface area contributed by atoms with Gasteiger partial charge in [-0.3, -0.25) is 0 Å². The molecule has 0 amide bonds. The van der Waals surface area contributed by atoms with E-state index in [1.165, 1.54) is 31.2 Å². The van der Waals surface area contributed by atoms with Gasteiger partial charge in [0.05, 0.1) is 0 Å². The molecular weight excluding hydrogens is 202 g/mol. The highest BCUT2D eigenvalue weighted by Gasteiger charge is 2.18. The normalized spacial score (nSPS) is 24.1. The lowest BCUT2D eigenvalue weighted by Crippen LogP contribution is -2.20. The van der Waals surface area contributed by atoms with Gasteiger partial charge in [-0.25, -0.2) is 0 Å². The summed E-state index contributed by atoms with van der Waals surface area (Å²) in [6.45, 7) is 1.48. The summed E-state index contributed by atoms with van der Waals surface area (Å²) in [4.78, 5) is 0. The molecule has 2 aliphatic heterocycles. The molecule has 0 unspecified atom stereocenters. The summed E-state index contributed by atoms with van der Waals surface area (Å²) in [7, 11) is 0. The molecule has 1 saturated heterocycles. The van der Waals surface area contributed by atoms with Crippen LogP contribution in [0.1, 0.15) is 37.3 Å². The molecule has 0 saturated carbocycles. The molecule has 16 heavy (non-hydrogen) atoms. The highest BCUT2D eigenvalue weighted by molar-refractivity contribution is 5.45. The second-order valence-corrected chi connectivity index (χ2v) is 4.47. The first-order valence-electron chi connectivity index (χ1n) is 6.06. The zero-order chi connectivity index (χ0) is 10.8. The van der Waals surface area contributed by atoms with Crippen LogP contribution in [0.5, 0.6) is 11.5 Å². The number of ether oxygens (including phenoxy) is 2. The third-order valence-corrected chi connectivity index (χ3v) is 3.36. The lowest BCUT2D eigenvalue weighted by atomic mass is 10.0. The Balaban J connectivity index is 1.82. The largest absolute Gasteiger partial charge is 0.454 e. The molecule has 1 N–H and O–H groups in total. The predicted molar refractivity (Wildman–Crippen MR) is 61.8 cm³/mol. The molecule has 1 atom stereocenters. The number of hydrogen-bond acceptors (Lipinski definition) is 3. The van der Waals surface area contributed by atoms with Crippen LogP contribution >= 0.6 is 0 Å². The smallest absolute Gasteiger partial charge is 0.231 e. The van der Waals surface area contributed by atoms with Gasteiger partial charge in [0.1, 0.15) is 0 Å². The molecule has 3 rings (SSSR count). The molecule has 0 bridgehead atoms. The van der Waals surface area contributed by atoms with Crippen LogP contribution in [0.25, 0.3) is 0 Å². The van der Waals surface area contributed by atoms with Gasteiger partial charge in [0.15, 0.2) is 11.5 Å². The van der Waals surface area contributed by atoms with E-state index in [0.717, 1.165) is 18.0 Å². The molecule has 86 valence electrons. The Kier molecular flexibility index (Phi) is 2.70. The van der Waals surface area contributed by atoms with E-state index in [9.17, 15) is 0 Å². The second-order valence-electron chi connectivity index (χ2n) is 4.47. The molecule has 0 radical (unpaired) electrons. The van der Waals surface area contributed by atoms with E-state index in [1.54, 1.807) is 0 Å². The zero-order valence-corrected chi connectivity index (χ0v) is 9.37. The Morgan fingerprint density at radius 3 is 3.00 bits per heavy atom. The number of hydrogen-bond donors (Lipinski definition) is 1. The molecule has 1 aromatic rings. The van der Waals surface area contributed by atoms with Crippen LogP contribution in [0.4, 0.5) is 0 Å². The lowest BCUT2D eigenvalue weighted by molar-refractivity contribution is 0.174. The van der Waals surface area contributed by atoms with E-state index >= 15 is 0 Å². The number of nitrogens with one attached hydrogen (secondary N) is 1. The van der Waals surface area contributed by atoms with Gasteiger partial charge >= 0.3 is 0 Å². The second kappa shape index (κ2) is 4.34. The summed E-state index contributed by atoms with van der Waals surface area (Å²) in [5.41, 5.74) is 1.33. The van der Waals surface area contributed by atoms with Crippen LogP contribution in [0, 0.1) is 0 Å². The minimum absolute atomic E-state index is 0.358. The average molecular weight is 219 g/mol. The highest BCUT2D eigenvalue weighted by Crippen LogP contribution is 2.35. The van der Waals surface area contributed by atoms with E-state index in [1.807, 2.05) is 6.07 Å². The van der Waals surface area contributed by atoms with Gasteiger partial charge in [0.25, 0.3) is 0 Å². The standard InChI is InChI=1S/C13H17NO2/c1-2-4-11(14-7-3-1)10-5-6-12-13(8-10)16-9-15-12/h5-6,8,11,14H,1-4,7,9H2/t11-/m0/s1. The van der Waals surface area contributed by atoms with Gasteiger partial charge in [-0.2, -0.15) is 0 Å². The lowest BCUT2D eigenvalue weighted by Gasteiger charge is -2.16. The van der Waals surface area contributed by atoms with E-state index in [4.69, 9.17) is 9.47 Å². The summed E-state index contributed by atoms with van der Waals surface area (Å²) in [6.07, 6.45) is 5.17. The van der Waals surface area contributed by atoms with Crippen molar-refractivity contribution >= 4 is 0 Å². The third-order valence-electron chi connectivity index (χ3n) is 3.36. The van der Waals surface area contributed by atoms with Crippen molar-refractivity contribution in [3.05, 3.63) is 23.8 Å². The van der Waals surface area contributed by atoms with Crippen molar-refractivity contribution in [1.82, 2.24) is 5.32 Å². The predicted octanol–water partition coefficient (Wildman–Crippen LogP) is 2.62. The first-order valence-corrected chi connectivity index (χ1v) is 6.06. The molecule has 0 aliphatic carbocycles. The average Bonchev–Trinajstić information content (AvgIpc) is 2.61. The molecule has 2 heterocycles. The summed E-state index contributed by atoms with van der Waals surface area (Å²) >= 11 is 0. The van der Waals surface area contributed by atoms with Gasteiger partial charge in [-0.15, -0.1) is 0 Å². The quantitative estimate of drug-likeness (QED) is 0.787. The molecule has 0 spiro atoms. The summed E-state index contributed by atoms with van der Waals surface area (Å²) in [5.74, 6) is 1.76. The maximum absolute atomic E-state index is 5.41. The van der Waals surface area contributed by atoms with E-state index in [0.29, 0.717) is 12.8 Å². The minimum Gasteiger partial charge on any atom is -0.454 e. The van der Waals surface area contributed by atoms with Crippen molar-refractivity contribution in [3.63, 3.8) is 0 Å². The van der Waals surface area contributed by atoms with Crippen LogP contribution < -0.4 is 14.8 Å². The van der Waals surface area contributed by atoms with Gasteiger partial charge in [0, 0.05) is 6.04 Å². The first kappa shape index (κ1) is 9.97. The Morgan fingerprint density at radius 1 is 1.06 bits per heavy atom. The number of benzene rings is 1. The van der Waals surface area contributed by atoms with Crippen molar-refractivity contribution in [2.24, 2.45) is 0 Å². The SMILES string of the molecule is c1cc2c(cc1[C@@H]1CCCCCN1)OCO2. The van der Waals surface area contributed by atoms with Crippen molar-refractivity contribution in [3.8, 4) is 11.5 Å². The van der Waals surface area contributed by atoms with Crippen LogP contribution in [-0.2, 0) is 0 Å². The monoisotopic (exact) mass is 219 g/mol. The van der Waals surface area contributed by atoms with E-state index in [2.05, 4.69) is 17.4 Å². The Morgan fingerprint density at radius 2 is 2.00 bits per heavy atom. The molecule has 1 fully saturated rings. The van der Waals surface area contributed by atoms with Gasteiger partial charge in [-0.1, -0.05) is 18.9 Å². The zero-order valence-electron chi connectivity index (χ0n) is 9.37. The first-order chi connectivity index (χ1) is 7.93. The van der Waals surface area contributed by atoms with Crippen molar-refractivity contribution in [2.75, 3.05) is 13.3 Å². The summed E-state index contributed by atoms with van der Waals surface area (Å²) in [5, 5.41) is 3.59. The summed E-state index contributed by atoms with van der Waals surface area (Å²) < 4.78 is 10.7. The number of rotatable bonds is 1. The van der Waals surface area contributed by atoms with E-state index in [-0.39, 0.29) is 0 Å². The highest BCUT2D eigenvalue weighted by atomic mass is 16.7. The molecule has 1 aromatic carbocycles. The fourth-order valence-electron chi connectivity index (χ4n) is 2.44. The molecular formula is C13H17NO2. The topological polar surface area (TPSA) is 30.5 Å². The fourth-order valence-corrected chi connectivity index (χ4v) is 2.44. The molecule has 0 aromatic heterocycles. The Labute approximate surface area is 95.8 Å². The van der Waals surface area contributed by atoms with Crippen LogP contribution in [-0.4, -0.2) is 13.3 Å². The molecule has 2 aliphatic rings. The van der Waals surface area contributed by atoms with Crippen molar-refractivity contribution < 1.29 is 9.47 Å². The maximum atomic E-state index is 5.41. The van der Waals surface area contributed by atoms with Crippen LogP contribution in [0.2, 0.25) is 0 Å². The maximum Gasteiger partial charge on any atom is 0.231 e. The summed E-state index contributed by atoms with van der Waals surface area (Å²) in [6, 6.07) is 6.77. The van der Waals surface area contributed by atoms with E-state index < -0.39 is 0 Å². The Hall–Kier alpha value is -1.22. The number of fused-ring (bicyclic) bond motifs is 1. The third kappa shape index (κ3) is 1.87. The van der Waals surface area contributed by atoms with Gasteiger partial charge in [0.2, 0.25) is 6.79 Å². The van der Waals surface area contributed by atoms with Crippen LogP contribution in [0.3, 0.4) is 0 Å². The van der Waals surface area contributed by atoms with Crippen molar-refractivity contribution in [1.29, 1.82) is 0 Å². The van der Waals surface area contributed by atoms with Crippen LogP contribution in [0.15, 0.2) is 18.2 Å². The molecule has 3 heteroatoms. The molecule has 3 nitrogen and oxygen atoms in total. The van der Waals surface area contributed by atoms with Gasteiger partial charge in [-0.05, 0) is 37.1 Å².